The predicted octanol–water partition coefficient (Wildman–Crippen LogP) is 0.789. The quantitative estimate of drug-likeness (QED) is 0.535. The van der Waals surface area contributed by atoms with Crippen molar-refractivity contribution in [1.82, 2.24) is 0 Å². The number of nitriles is 2. The summed E-state index contributed by atoms with van der Waals surface area (Å²) >= 11 is -5.19. The third-order valence-corrected chi connectivity index (χ3v) is 2.06. The fourth-order valence-corrected chi connectivity index (χ4v) is 0.493. The third kappa shape index (κ3) is 15.7. The molecule has 0 bridgehead atoms. The van der Waals surface area contributed by atoms with Gasteiger partial charge in [0.15, 0.2) is 0 Å². The van der Waals surface area contributed by atoms with Crippen molar-refractivity contribution >= 4 is 13.8 Å². The molecule has 0 fully saturated rings. The van der Waals surface area contributed by atoms with Gasteiger partial charge in [0.25, 0.3) is 0 Å². The zero-order valence-corrected chi connectivity index (χ0v) is 10.8. The Kier molecular flexibility index (Phi) is 13.6. The van der Waals surface area contributed by atoms with Crippen LogP contribution in [0.3, 0.4) is 0 Å². The Morgan fingerprint density at radius 2 is 1.31 bits per heavy atom. The molecule has 16 heavy (non-hydrogen) atoms. The van der Waals surface area contributed by atoms with Gasteiger partial charge in [-0.1, -0.05) is 0 Å². The summed E-state index contributed by atoms with van der Waals surface area (Å²) in [6.45, 7) is 2.62. The molecule has 0 radical (unpaired) electrons. The zero-order valence-electron chi connectivity index (χ0n) is 9.11. The van der Waals surface area contributed by atoms with Gasteiger partial charge in [-0.15, -0.1) is 0 Å². The average molecular weight is 303 g/mol. The van der Waals surface area contributed by atoms with E-state index in [-0.39, 0.29) is 0 Å². The molecule has 0 aliphatic rings. The van der Waals surface area contributed by atoms with Gasteiger partial charge < -0.3 is 14.2 Å². The molecule has 0 unspecified atom stereocenters. The molecule has 0 rings (SSSR count). The summed E-state index contributed by atoms with van der Waals surface area (Å²) in [5.74, 6) is 0. The Balaban J connectivity index is 0. The van der Waals surface area contributed by atoms with E-state index in [9.17, 15) is 7.10 Å². The van der Waals surface area contributed by atoms with Crippen molar-refractivity contribution in [2.75, 3.05) is 40.6 Å². The van der Waals surface area contributed by atoms with Gasteiger partial charge in [0.2, 0.25) is 0 Å². The number of ether oxygens (including phenoxy) is 3. The summed E-state index contributed by atoms with van der Waals surface area (Å²) in [4.78, 5) is 1.31. The standard InChI is InChI=1S/C6H14O3.C2F2N2Se/c1-7-3-5-9-6-4-8-2;3-7(4,1-5)2-6/h3-6H2,1-2H3;. The minimum atomic E-state index is -5.19. The molecular weight excluding hydrogens is 289 g/mol. The van der Waals surface area contributed by atoms with E-state index >= 15 is 0 Å². The Morgan fingerprint density at radius 3 is 1.50 bits per heavy atom. The van der Waals surface area contributed by atoms with E-state index in [2.05, 4.69) is 0 Å². The molecule has 0 aromatic heterocycles. The van der Waals surface area contributed by atoms with Gasteiger partial charge in [0.05, 0.1) is 26.4 Å². The molecule has 0 saturated heterocycles. The first-order chi connectivity index (χ1) is 7.54. The first-order valence-electron chi connectivity index (χ1n) is 4.14. The fraction of sp³-hybridized carbons (Fsp3) is 0.750. The van der Waals surface area contributed by atoms with Crippen molar-refractivity contribution in [2.45, 2.75) is 0 Å². The SMILES string of the molecule is COCCOCCOC.N#C[Se](F)(F)C#N. The van der Waals surface area contributed by atoms with Crippen molar-refractivity contribution in [2.24, 2.45) is 0 Å². The first kappa shape index (κ1) is 17.6. The Labute approximate surface area is 96.7 Å². The maximum absolute atomic E-state index is 11.3. The second-order valence-corrected chi connectivity index (χ2v) is 4.98. The summed E-state index contributed by atoms with van der Waals surface area (Å²) in [7, 11) is 3.30. The number of hydrogen-bond acceptors (Lipinski definition) is 5. The van der Waals surface area contributed by atoms with Crippen LogP contribution in [0.4, 0.5) is 7.10 Å². The average Bonchev–Trinajstić information content (AvgIpc) is 2.30. The number of nitrogens with zero attached hydrogens (tertiary/aromatic N) is 2. The number of rotatable bonds is 6. The molecule has 0 aliphatic carbocycles. The molecular formula is C8H14F2N2O3Se. The van der Waals surface area contributed by atoms with Crippen molar-refractivity contribution < 1.29 is 21.3 Å². The summed E-state index contributed by atoms with van der Waals surface area (Å²) in [6.07, 6.45) is 0. The van der Waals surface area contributed by atoms with E-state index < -0.39 is 13.8 Å². The molecule has 0 heterocycles. The number of methoxy groups -OCH3 is 2. The molecule has 0 atom stereocenters. The van der Waals surface area contributed by atoms with Gasteiger partial charge in [0, 0.05) is 14.2 Å². The van der Waals surface area contributed by atoms with Crippen molar-refractivity contribution in [1.29, 1.82) is 10.5 Å². The van der Waals surface area contributed by atoms with Crippen LogP contribution in [0.15, 0.2) is 0 Å². The van der Waals surface area contributed by atoms with E-state index in [1.54, 1.807) is 14.2 Å². The Morgan fingerprint density at radius 1 is 0.938 bits per heavy atom. The van der Waals surface area contributed by atoms with Gasteiger partial charge in [-0.25, -0.2) is 0 Å². The normalized spacial score (nSPS) is 10.6. The van der Waals surface area contributed by atoms with Gasteiger partial charge in [-0.05, 0) is 0 Å². The summed E-state index contributed by atoms with van der Waals surface area (Å²) in [5, 5.41) is 14.9. The summed E-state index contributed by atoms with van der Waals surface area (Å²) in [6, 6.07) is 0. The first-order valence-corrected chi connectivity index (χ1v) is 7.14. The minimum absolute atomic E-state index is 0.653. The second kappa shape index (κ2) is 12.3. The van der Waals surface area contributed by atoms with E-state index in [0.29, 0.717) is 36.4 Å². The van der Waals surface area contributed by atoms with Crippen LogP contribution in [-0.2, 0) is 14.2 Å². The van der Waals surface area contributed by atoms with Crippen LogP contribution in [0.25, 0.3) is 0 Å². The van der Waals surface area contributed by atoms with E-state index in [4.69, 9.17) is 24.7 Å². The molecule has 0 amide bonds. The fourth-order valence-electron chi connectivity index (χ4n) is 0.407. The summed E-state index contributed by atoms with van der Waals surface area (Å²) in [5.41, 5.74) is 0. The molecule has 5 nitrogen and oxygen atoms in total. The van der Waals surface area contributed by atoms with Crippen LogP contribution in [0.2, 0.25) is 0 Å². The van der Waals surface area contributed by atoms with Gasteiger partial charge in [0.1, 0.15) is 0 Å². The molecule has 94 valence electrons. The Hall–Kier alpha value is -0.761. The topological polar surface area (TPSA) is 75.3 Å². The monoisotopic (exact) mass is 304 g/mol. The second-order valence-electron chi connectivity index (χ2n) is 2.25. The van der Waals surface area contributed by atoms with Crippen LogP contribution in [0.5, 0.6) is 0 Å². The molecule has 0 aromatic carbocycles. The van der Waals surface area contributed by atoms with Crippen LogP contribution in [0.1, 0.15) is 0 Å². The van der Waals surface area contributed by atoms with Crippen molar-refractivity contribution in [3.8, 4) is 9.94 Å². The zero-order chi connectivity index (χ0) is 12.9. The van der Waals surface area contributed by atoms with Gasteiger partial charge in [-0.3, -0.25) is 0 Å². The van der Waals surface area contributed by atoms with E-state index in [1.165, 1.54) is 0 Å². The van der Waals surface area contributed by atoms with Crippen LogP contribution in [0, 0.1) is 20.5 Å². The molecule has 0 N–H and O–H groups in total. The van der Waals surface area contributed by atoms with Gasteiger partial charge in [-0.2, -0.15) is 0 Å². The van der Waals surface area contributed by atoms with E-state index in [0.717, 1.165) is 0 Å². The number of halogens is 2. The van der Waals surface area contributed by atoms with Crippen LogP contribution >= 0.6 is 0 Å². The third-order valence-electron chi connectivity index (χ3n) is 1.09. The summed E-state index contributed by atoms with van der Waals surface area (Å²) < 4.78 is 37.2. The van der Waals surface area contributed by atoms with Gasteiger partial charge >= 0.3 is 41.3 Å². The molecule has 0 spiro atoms. The van der Waals surface area contributed by atoms with Crippen LogP contribution in [-0.4, -0.2) is 54.4 Å². The molecule has 0 aliphatic heterocycles. The predicted molar refractivity (Wildman–Crippen MR) is 53.8 cm³/mol. The van der Waals surface area contributed by atoms with Crippen molar-refractivity contribution in [3.05, 3.63) is 0 Å². The Bertz CT molecular complexity index is 218. The molecule has 8 heteroatoms. The van der Waals surface area contributed by atoms with Crippen LogP contribution < -0.4 is 0 Å². The molecule has 0 saturated carbocycles. The van der Waals surface area contributed by atoms with E-state index in [1.807, 2.05) is 0 Å². The molecule has 0 aromatic rings. The van der Waals surface area contributed by atoms with Crippen molar-refractivity contribution in [3.63, 3.8) is 0 Å². The maximum atomic E-state index is 11.3. The number of hydrogen-bond donors (Lipinski definition) is 0.